The number of carbonyl (C=O) groups is 1. The second kappa shape index (κ2) is 7.75. The standard InChI is InChI=1S/C13H15NO2S/c14-8-4-5-9-17-12(13(15)16)10-11-6-2-1-3-7-11/h1-3,6-7,12H,4-5,9-10H2,(H,15,16). The number of thioether (sulfide) groups is 1. The highest BCUT2D eigenvalue weighted by Gasteiger charge is 2.17. The van der Waals surface area contributed by atoms with E-state index in [2.05, 4.69) is 6.07 Å². The van der Waals surface area contributed by atoms with Crippen molar-refractivity contribution in [2.24, 2.45) is 0 Å². The predicted octanol–water partition coefficient (Wildman–Crippen LogP) is 2.72. The van der Waals surface area contributed by atoms with Crippen LogP contribution in [-0.2, 0) is 11.2 Å². The van der Waals surface area contributed by atoms with Crippen molar-refractivity contribution in [3.63, 3.8) is 0 Å². The van der Waals surface area contributed by atoms with Gasteiger partial charge in [0.2, 0.25) is 0 Å². The summed E-state index contributed by atoms with van der Waals surface area (Å²) in [6.07, 6.45) is 1.78. The third-order valence-electron chi connectivity index (χ3n) is 2.29. The van der Waals surface area contributed by atoms with Crippen LogP contribution in [0, 0.1) is 11.3 Å². The van der Waals surface area contributed by atoms with Crippen LogP contribution < -0.4 is 0 Å². The van der Waals surface area contributed by atoms with Gasteiger partial charge in [0, 0.05) is 6.42 Å². The fourth-order valence-electron chi connectivity index (χ4n) is 1.42. The van der Waals surface area contributed by atoms with Gasteiger partial charge in [0.15, 0.2) is 0 Å². The molecule has 0 aromatic heterocycles. The molecule has 0 saturated heterocycles. The molecule has 90 valence electrons. The Labute approximate surface area is 105 Å². The molecule has 0 fully saturated rings. The largest absolute Gasteiger partial charge is 0.480 e. The van der Waals surface area contributed by atoms with E-state index >= 15 is 0 Å². The minimum Gasteiger partial charge on any atom is -0.480 e. The first kappa shape index (κ1) is 13.6. The maximum absolute atomic E-state index is 11.1. The first-order chi connectivity index (χ1) is 8.24. The summed E-state index contributed by atoms with van der Waals surface area (Å²) in [5, 5.41) is 17.1. The van der Waals surface area contributed by atoms with Gasteiger partial charge in [0.1, 0.15) is 5.25 Å². The molecule has 1 aromatic rings. The molecule has 0 heterocycles. The number of nitrogens with zero attached hydrogens (tertiary/aromatic N) is 1. The van der Waals surface area contributed by atoms with E-state index in [1.54, 1.807) is 0 Å². The number of carboxylic acids is 1. The summed E-state index contributed by atoms with van der Waals surface area (Å²) >= 11 is 1.41. The Hall–Kier alpha value is -1.47. The molecule has 0 aliphatic rings. The zero-order valence-corrected chi connectivity index (χ0v) is 10.3. The van der Waals surface area contributed by atoms with E-state index in [4.69, 9.17) is 10.4 Å². The Morgan fingerprint density at radius 2 is 2.12 bits per heavy atom. The fraction of sp³-hybridized carbons (Fsp3) is 0.385. The van der Waals surface area contributed by atoms with E-state index in [-0.39, 0.29) is 0 Å². The highest BCUT2D eigenvalue weighted by atomic mass is 32.2. The number of benzene rings is 1. The van der Waals surface area contributed by atoms with Crippen molar-refractivity contribution in [3.8, 4) is 6.07 Å². The molecule has 0 bridgehead atoms. The Kier molecular flexibility index (Phi) is 6.19. The lowest BCUT2D eigenvalue weighted by molar-refractivity contribution is -0.136. The number of carboxylic acid groups (broad SMARTS) is 1. The van der Waals surface area contributed by atoms with Crippen molar-refractivity contribution < 1.29 is 9.90 Å². The molecular weight excluding hydrogens is 234 g/mol. The van der Waals surface area contributed by atoms with Crippen LogP contribution in [0.2, 0.25) is 0 Å². The van der Waals surface area contributed by atoms with Gasteiger partial charge < -0.3 is 5.11 Å². The average Bonchev–Trinajstić information content (AvgIpc) is 2.34. The Balaban J connectivity index is 2.44. The van der Waals surface area contributed by atoms with Gasteiger partial charge in [-0.1, -0.05) is 30.3 Å². The summed E-state index contributed by atoms with van der Waals surface area (Å²) in [6.45, 7) is 0. The van der Waals surface area contributed by atoms with Gasteiger partial charge in [-0.25, -0.2) is 0 Å². The number of hydrogen-bond acceptors (Lipinski definition) is 3. The van der Waals surface area contributed by atoms with E-state index in [0.29, 0.717) is 12.8 Å². The van der Waals surface area contributed by atoms with Gasteiger partial charge in [-0.3, -0.25) is 4.79 Å². The number of hydrogen-bond donors (Lipinski definition) is 1. The van der Waals surface area contributed by atoms with Crippen molar-refractivity contribution in [2.45, 2.75) is 24.5 Å². The van der Waals surface area contributed by atoms with Gasteiger partial charge in [-0.2, -0.15) is 5.26 Å². The van der Waals surface area contributed by atoms with E-state index in [9.17, 15) is 4.79 Å². The highest BCUT2D eigenvalue weighted by Crippen LogP contribution is 2.18. The summed E-state index contributed by atoms with van der Waals surface area (Å²) in [7, 11) is 0. The first-order valence-corrected chi connectivity index (χ1v) is 6.54. The number of rotatable bonds is 7. The second-order valence-electron chi connectivity index (χ2n) is 3.65. The number of nitriles is 1. The minimum atomic E-state index is -0.782. The Morgan fingerprint density at radius 1 is 1.41 bits per heavy atom. The summed E-state index contributed by atoms with van der Waals surface area (Å²) in [6, 6.07) is 11.7. The molecule has 0 radical (unpaired) electrons. The summed E-state index contributed by atoms with van der Waals surface area (Å²) in [5.41, 5.74) is 1.03. The lowest BCUT2D eigenvalue weighted by Crippen LogP contribution is -2.19. The molecule has 0 amide bonds. The van der Waals surface area contributed by atoms with Gasteiger partial charge in [-0.05, 0) is 24.2 Å². The molecule has 3 nitrogen and oxygen atoms in total. The first-order valence-electron chi connectivity index (χ1n) is 5.49. The average molecular weight is 249 g/mol. The van der Waals surface area contributed by atoms with Crippen molar-refractivity contribution in [2.75, 3.05) is 5.75 Å². The molecule has 0 aliphatic heterocycles. The van der Waals surface area contributed by atoms with Crippen LogP contribution in [0.3, 0.4) is 0 Å². The van der Waals surface area contributed by atoms with Gasteiger partial charge in [0.05, 0.1) is 6.07 Å². The van der Waals surface area contributed by atoms with Crippen molar-refractivity contribution in [1.82, 2.24) is 0 Å². The van der Waals surface area contributed by atoms with Crippen LogP contribution in [0.25, 0.3) is 0 Å². The molecule has 0 spiro atoms. The molecule has 0 aliphatic carbocycles. The van der Waals surface area contributed by atoms with Crippen LogP contribution in [0.4, 0.5) is 0 Å². The van der Waals surface area contributed by atoms with E-state index in [0.717, 1.165) is 17.7 Å². The van der Waals surface area contributed by atoms with Crippen molar-refractivity contribution in [1.29, 1.82) is 5.26 Å². The van der Waals surface area contributed by atoms with Gasteiger partial charge in [0.25, 0.3) is 0 Å². The lowest BCUT2D eigenvalue weighted by atomic mass is 10.1. The fourth-order valence-corrected chi connectivity index (χ4v) is 2.47. The van der Waals surface area contributed by atoms with Crippen molar-refractivity contribution >= 4 is 17.7 Å². The maximum Gasteiger partial charge on any atom is 0.316 e. The third-order valence-corrected chi connectivity index (χ3v) is 3.59. The smallest absolute Gasteiger partial charge is 0.316 e. The monoisotopic (exact) mass is 249 g/mol. The highest BCUT2D eigenvalue weighted by molar-refractivity contribution is 8.00. The molecule has 1 aromatic carbocycles. The third kappa shape index (κ3) is 5.41. The summed E-state index contributed by atoms with van der Waals surface area (Å²) in [5.74, 6) is -0.0621. The molecule has 1 N–H and O–H groups in total. The second-order valence-corrected chi connectivity index (χ2v) is 4.96. The molecule has 1 atom stereocenters. The Bertz CT molecular complexity index is 386. The lowest BCUT2D eigenvalue weighted by Gasteiger charge is -2.11. The molecule has 17 heavy (non-hydrogen) atoms. The number of aliphatic carboxylic acids is 1. The van der Waals surface area contributed by atoms with Crippen LogP contribution in [0.5, 0.6) is 0 Å². The SMILES string of the molecule is N#CCCCSC(Cc1ccccc1)C(=O)O. The van der Waals surface area contributed by atoms with Crippen molar-refractivity contribution in [3.05, 3.63) is 35.9 Å². The molecule has 0 saturated carbocycles. The minimum absolute atomic E-state index is 0.420. The predicted molar refractivity (Wildman–Crippen MR) is 68.9 cm³/mol. The van der Waals surface area contributed by atoms with Gasteiger partial charge in [-0.15, -0.1) is 11.8 Å². The zero-order valence-electron chi connectivity index (χ0n) is 9.50. The van der Waals surface area contributed by atoms with Crippen LogP contribution >= 0.6 is 11.8 Å². The van der Waals surface area contributed by atoms with Crippen LogP contribution in [0.15, 0.2) is 30.3 Å². The quantitative estimate of drug-likeness (QED) is 0.755. The number of unbranched alkanes of at least 4 members (excludes halogenated alkanes) is 1. The van der Waals surface area contributed by atoms with Crippen LogP contribution in [0.1, 0.15) is 18.4 Å². The van der Waals surface area contributed by atoms with Gasteiger partial charge >= 0.3 is 5.97 Å². The maximum atomic E-state index is 11.1. The summed E-state index contributed by atoms with van der Waals surface area (Å²) < 4.78 is 0. The molecule has 1 unspecified atom stereocenters. The van der Waals surface area contributed by atoms with E-state index in [1.807, 2.05) is 30.3 Å². The van der Waals surface area contributed by atoms with E-state index < -0.39 is 11.2 Å². The Morgan fingerprint density at radius 3 is 2.71 bits per heavy atom. The normalized spacial score (nSPS) is 11.7. The van der Waals surface area contributed by atoms with E-state index in [1.165, 1.54) is 11.8 Å². The zero-order chi connectivity index (χ0) is 12.5. The molecular formula is C13H15NO2S. The molecule has 1 rings (SSSR count). The van der Waals surface area contributed by atoms with Crippen LogP contribution in [-0.4, -0.2) is 22.1 Å². The summed E-state index contributed by atoms with van der Waals surface area (Å²) in [4.78, 5) is 11.1. The molecule has 4 heteroatoms. The topological polar surface area (TPSA) is 61.1 Å².